The molecule has 1 heterocycles. The van der Waals surface area contributed by atoms with Gasteiger partial charge in [-0.25, -0.2) is 4.79 Å². The molecule has 0 aliphatic carbocycles. The van der Waals surface area contributed by atoms with Crippen molar-refractivity contribution in [2.24, 2.45) is 5.92 Å². The van der Waals surface area contributed by atoms with Crippen LogP contribution in [0.4, 0.5) is 4.79 Å². The fourth-order valence-corrected chi connectivity index (χ4v) is 7.23. The molecule has 3 aromatic rings. The molecule has 4 rings (SSSR count). The number of nitrogens with one attached hydrogen (secondary N) is 2. The Balaban J connectivity index is 1.18. The van der Waals surface area contributed by atoms with E-state index in [9.17, 15) is 19.2 Å². The summed E-state index contributed by atoms with van der Waals surface area (Å²) >= 11 is 0. The molecule has 2 radical (unpaired) electrons. The number of unbranched alkanes of at least 4 members (excludes halogenated alkanes) is 3. The molecule has 63 heavy (non-hydrogen) atoms. The van der Waals surface area contributed by atoms with Crippen LogP contribution in [-0.2, 0) is 48.4 Å². The van der Waals surface area contributed by atoms with E-state index in [2.05, 4.69) is 24.5 Å². The zero-order valence-corrected chi connectivity index (χ0v) is 37.5. The monoisotopic (exact) mass is 872 g/mol. The van der Waals surface area contributed by atoms with E-state index in [0.717, 1.165) is 55.2 Å². The minimum atomic E-state index is -1.10. The maximum absolute atomic E-state index is 13.0. The minimum Gasteiger partial charge on any atom is -0.497 e. The molecule has 14 nitrogen and oxygen atoms in total. The number of ether oxygens (including phenoxy) is 8. The molecule has 0 spiro atoms. The van der Waals surface area contributed by atoms with Crippen LogP contribution in [0.2, 0.25) is 0 Å². The Hall–Kier alpha value is -5.12. The number of rotatable bonds is 28. The molecule has 3 aromatic carbocycles. The topological polar surface area (TPSA) is 166 Å². The van der Waals surface area contributed by atoms with Crippen LogP contribution in [0.25, 0.3) is 0 Å². The quantitative estimate of drug-likeness (QED) is 0.0259. The first-order valence-electron chi connectivity index (χ1n) is 21.9. The second-order valence-electron chi connectivity index (χ2n) is 15.9. The predicted octanol–water partition coefficient (Wildman–Crippen LogP) is 6.78. The number of alkyl carbamates (subject to hydrolysis) is 1. The van der Waals surface area contributed by atoms with Gasteiger partial charge in [0.25, 0.3) is 0 Å². The summed E-state index contributed by atoms with van der Waals surface area (Å²) in [4.78, 5) is 49.2. The van der Waals surface area contributed by atoms with Crippen LogP contribution < -0.4 is 20.1 Å². The Morgan fingerprint density at radius 3 is 1.97 bits per heavy atom. The standard InChI is InChI=1S/C48H65BN2O12/c1-34(2)14-13-29-58-31-41(61-35(3)52)32-59-47(55)51-28-12-7-6-11-27-50-45(53)25-26-46(54)63-42-30-44(49)62-43(42)33-60-48(36-15-9-8-10-16-36,37-17-21-39(56-4)22-18-37)38-19-23-40(57-5)24-20-38/h8-10,15-24,34,41-44H,6-7,11-14,25-33H2,1-5H3,(H,50,53)(H,51,55)/t41?,42-,43?,44?/m1/s1. The van der Waals surface area contributed by atoms with Gasteiger partial charge in [-0.05, 0) is 72.6 Å². The van der Waals surface area contributed by atoms with E-state index >= 15 is 0 Å². The maximum Gasteiger partial charge on any atom is 0.407 e. The lowest BCUT2D eigenvalue weighted by atomic mass is 9.80. The third-order valence-electron chi connectivity index (χ3n) is 10.5. The molecule has 3 unspecified atom stereocenters. The molecule has 1 aliphatic rings. The van der Waals surface area contributed by atoms with Crippen molar-refractivity contribution in [2.45, 2.75) is 108 Å². The van der Waals surface area contributed by atoms with Crippen LogP contribution in [0.1, 0.15) is 95.2 Å². The summed E-state index contributed by atoms with van der Waals surface area (Å²) in [6.45, 7) is 7.10. The molecule has 1 saturated heterocycles. The van der Waals surface area contributed by atoms with Crippen molar-refractivity contribution in [2.75, 3.05) is 53.7 Å². The van der Waals surface area contributed by atoms with Gasteiger partial charge in [0.2, 0.25) is 5.91 Å². The summed E-state index contributed by atoms with van der Waals surface area (Å²) in [6, 6.07) is 24.5. The molecule has 1 fully saturated rings. The van der Waals surface area contributed by atoms with Gasteiger partial charge in [0.15, 0.2) is 6.10 Å². The van der Waals surface area contributed by atoms with Crippen molar-refractivity contribution in [1.82, 2.24) is 10.6 Å². The van der Waals surface area contributed by atoms with Gasteiger partial charge in [-0.3, -0.25) is 14.4 Å². The van der Waals surface area contributed by atoms with Crippen molar-refractivity contribution in [3.63, 3.8) is 0 Å². The highest BCUT2D eigenvalue weighted by Gasteiger charge is 2.42. The highest BCUT2D eigenvalue weighted by atomic mass is 16.6. The minimum absolute atomic E-state index is 0.0275. The van der Waals surface area contributed by atoms with Crippen LogP contribution in [0.15, 0.2) is 78.9 Å². The second kappa shape index (κ2) is 27.2. The molecular weight excluding hydrogens is 807 g/mol. The van der Waals surface area contributed by atoms with Gasteiger partial charge >= 0.3 is 18.0 Å². The number of amides is 2. The maximum atomic E-state index is 13.0. The summed E-state index contributed by atoms with van der Waals surface area (Å²) in [5.74, 6) is 0.721. The van der Waals surface area contributed by atoms with E-state index in [4.69, 9.17) is 45.7 Å². The van der Waals surface area contributed by atoms with Gasteiger partial charge in [-0.2, -0.15) is 0 Å². The van der Waals surface area contributed by atoms with Crippen LogP contribution in [-0.4, -0.2) is 110 Å². The molecule has 0 aromatic heterocycles. The third-order valence-corrected chi connectivity index (χ3v) is 10.5. The largest absolute Gasteiger partial charge is 0.497 e. The van der Waals surface area contributed by atoms with Gasteiger partial charge in [0, 0.05) is 45.5 Å². The number of esters is 2. The van der Waals surface area contributed by atoms with Crippen molar-refractivity contribution < 1.29 is 57.1 Å². The molecule has 0 saturated carbocycles. The zero-order chi connectivity index (χ0) is 45.5. The highest BCUT2D eigenvalue weighted by molar-refractivity contribution is 6.11. The Kier molecular flexibility index (Phi) is 21.8. The molecule has 342 valence electrons. The average molecular weight is 873 g/mol. The Bertz CT molecular complexity index is 1760. The number of methoxy groups -OCH3 is 2. The lowest BCUT2D eigenvalue weighted by molar-refractivity contribution is -0.156. The summed E-state index contributed by atoms with van der Waals surface area (Å²) in [5, 5.41) is 5.56. The molecule has 4 atom stereocenters. The van der Waals surface area contributed by atoms with Crippen molar-refractivity contribution in [3.8, 4) is 11.5 Å². The van der Waals surface area contributed by atoms with Crippen LogP contribution >= 0.6 is 0 Å². The fourth-order valence-electron chi connectivity index (χ4n) is 7.23. The summed E-state index contributed by atoms with van der Waals surface area (Å²) < 4.78 is 45.8. The first-order chi connectivity index (χ1) is 30.4. The van der Waals surface area contributed by atoms with Crippen LogP contribution in [0.3, 0.4) is 0 Å². The lowest BCUT2D eigenvalue weighted by Gasteiger charge is -2.37. The van der Waals surface area contributed by atoms with Gasteiger partial charge in [0.05, 0.1) is 33.9 Å². The zero-order valence-electron chi connectivity index (χ0n) is 37.5. The molecule has 0 bridgehead atoms. The van der Waals surface area contributed by atoms with Crippen molar-refractivity contribution in [3.05, 3.63) is 95.6 Å². The number of hydrogen-bond donors (Lipinski definition) is 2. The summed E-state index contributed by atoms with van der Waals surface area (Å²) in [5.41, 5.74) is 1.45. The summed E-state index contributed by atoms with van der Waals surface area (Å²) in [7, 11) is 9.46. The Morgan fingerprint density at radius 2 is 1.38 bits per heavy atom. The Labute approximate surface area is 373 Å². The van der Waals surface area contributed by atoms with Crippen molar-refractivity contribution >= 4 is 31.8 Å². The highest BCUT2D eigenvalue weighted by Crippen LogP contribution is 2.42. The normalized spacial score (nSPS) is 16.5. The fraction of sp³-hybridized carbons (Fsp3) is 0.542. The third kappa shape index (κ3) is 17.2. The number of carbonyl (C=O) groups excluding carboxylic acids is 4. The van der Waals surface area contributed by atoms with Gasteiger partial charge < -0.3 is 48.5 Å². The summed E-state index contributed by atoms with van der Waals surface area (Å²) in [6.07, 6.45) is 2.57. The molecule has 2 N–H and O–H groups in total. The number of carbonyl (C=O) groups is 4. The van der Waals surface area contributed by atoms with Crippen molar-refractivity contribution in [1.29, 1.82) is 0 Å². The van der Waals surface area contributed by atoms with Crippen LogP contribution in [0.5, 0.6) is 11.5 Å². The number of benzene rings is 3. The molecule has 1 aliphatic heterocycles. The number of hydrogen-bond acceptors (Lipinski definition) is 12. The van der Waals surface area contributed by atoms with E-state index in [0.29, 0.717) is 37.1 Å². The van der Waals surface area contributed by atoms with Gasteiger partial charge in [0.1, 0.15) is 43.8 Å². The smallest absolute Gasteiger partial charge is 0.407 e. The van der Waals surface area contributed by atoms with Crippen LogP contribution in [0, 0.1) is 5.92 Å². The Morgan fingerprint density at radius 1 is 0.778 bits per heavy atom. The second-order valence-corrected chi connectivity index (χ2v) is 15.9. The predicted molar refractivity (Wildman–Crippen MR) is 238 cm³/mol. The SMILES string of the molecule is [B]C1C[C@@H](OC(=O)CCC(=O)NCCCCCCNC(=O)OCC(COCCCC(C)C)OC(C)=O)C(COC(c2ccccc2)(c2ccc(OC)cc2)c2ccc(OC)cc2)O1. The molecule has 15 heteroatoms. The average Bonchev–Trinajstić information content (AvgIpc) is 3.63. The van der Waals surface area contributed by atoms with E-state index in [1.54, 1.807) is 14.2 Å². The first-order valence-corrected chi connectivity index (χ1v) is 21.9. The van der Waals surface area contributed by atoms with E-state index in [1.165, 1.54) is 6.92 Å². The van der Waals surface area contributed by atoms with E-state index in [1.807, 2.05) is 78.9 Å². The first kappa shape index (κ1) is 50.5. The lowest BCUT2D eigenvalue weighted by Crippen LogP contribution is -2.39. The molecular formula is C48H65BN2O12. The van der Waals surface area contributed by atoms with Gasteiger partial charge in [-0.1, -0.05) is 81.3 Å². The van der Waals surface area contributed by atoms with Gasteiger partial charge in [-0.15, -0.1) is 0 Å². The molecule has 2 amide bonds. The van der Waals surface area contributed by atoms with E-state index < -0.39 is 47.9 Å². The van der Waals surface area contributed by atoms with E-state index in [-0.39, 0.29) is 45.0 Å².